The van der Waals surface area contributed by atoms with Crippen molar-refractivity contribution in [1.29, 1.82) is 0 Å². The molecule has 1 atom stereocenters. The summed E-state index contributed by atoms with van der Waals surface area (Å²) < 4.78 is 10.2. The van der Waals surface area contributed by atoms with Crippen molar-refractivity contribution in [2.75, 3.05) is 65.2 Å². The van der Waals surface area contributed by atoms with Gasteiger partial charge >= 0.3 is 0 Å². The van der Waals surface area contributed by atoms with Crippen molar-refractivity contribution in [1.82, 2.24) is 9.80 Å². The number of benzene rings is 1. The average Bonchev–Trinajstić information content (AvgIpc) is 3.07. The minimum Gasteiger partial charge on any atom is -0.396 e. The molecule has 0 spiro atoms. The number of methoxy groups -OCH3 is 1. The molecule has 1 unspecified atom stereocenters. The molecule has 0 radical (unpaired) electrons. The van der Waals surface area contributed by atoms with Crippen LogP contribution in [0.4, 0.5) is 5.69 Å². The summed E-state index contributed by atoms with van der Waals surface area (Å²) in [6.45, 7) is 8.68. The van der Waals surface area contributed by atoms with E-state index in [1.807, 2.05) is 37.3 Å². The van der Waals surface area contributed by atoms with Gasteiger partial charge in [-0.3, -0.25) is 9.79 Å². The lowest BCUT2D eigenvalue weighted by molar-refractivity contribution is -0.0616. The van der Waals surface area contributed by atoms with Crippen molar-refractivity contribution in [3.8, 4) is 0 Å². The van der Waals surface area contributed by atoms with Crippen molar-refractivity contribution < 1.29 is 19.4 Å². The number of carbonyl (C=O) groups excluding carboxylic acids is 1. The van der Waals surface area contributed by atoms with Gasteiger partial charge in [0.1, 0.15) is 13.0 Å². The Labute approximate surface area is 192 Å². The van der Waals surface area contributed by atoms with Crippen LogP contribution in [0.1, 0.15) is 37.0 Å². The number of nitrogens with zero attached hydrogens (tertiary/aromatic N) is 4. The summed E-state index contributed by atoms with van der Waals surface area (Å²) in [5.41, 5.74) is 2.99. The zero-order chi connectivity index (χ0) is 23.3. The zero-order valence-electron chi connectivity index (χ0n) is 19.9. The molecule has 8 nitrogen and oxygen atoms in total. The number of carbonyl (C=O) groups is 1. The van der Waals surface area contributed by atoms with Gasteiger partial charge in [-0.2, -0.15) is 0 Å². The van der Waals surface area contributed by atoms with Crippen molar-refractivity contribution in [3.05, 3.63) is 41.6 Å². The Bertz CT molecular complexity index is 751. The molecule has 1 saturated heterocycles. The Morgan fingerprint density at radius 3 is 2.69 bits per heavy atom. The number of aliphatic hydroxyl groups excluding tert-OH is 1. The van der Waals surface area contributed by atoms with Gasteiger partial charge < -0.3 is 29.3 Å². The molecule has 0 saturated carbocycles. The minimum absolute atomic E-state index is 0.0172. The lowest BCUT2D eigenvalue weighted by Crippen LogP contribution is -2.30. The molecule has 1 aromatic rings. The fraction of sp³-hybridized carbons (Fsp3) is 0.583. The van der Waals surface area contributed by atoms with Crippen molar-refractivity contribution in [3.63, 3.8) is 0 Å². The van der Waals surface area contributed by atoms with Gasteiger partial charge in [0.2, 0.25) is 0 Å². The van der Waals surface area contributed by atoms with Crippen LogP contribution in [0, 0.1) is 0 Å². The SMILES string of the molecule is COCOC(C)N=C/C=C(\C)N1CCCN(c2ccc(C(=O)N(C)CCCO)cc2)CC1. The molecule has 1 aromatic carbocycles. The largest absolute Gasteiger partial charge is 0.396 e. The number of allylic oxidation sites excluding steroid dienone is 2. The lowest BCUT2D eigenvalue weighted by Gasteiger charge is -2.25. The summed E-state index contributed by atoms with van der Waals surface area (Å²) in [6.07, 6.45) is 5.23. The second-order valence-electron chi connectivity index (χ2n) is 7.96. The highest BCUT2D eigenvalue weighted by molar-refractivity contribution is 5.94. The van der Waals surface area contributed by atoms with Crippen LogP contribution in [-0.4, -0.2) is 93.5 Å². The lowest BCUT2D eigenvalue weighted by atomic mass is 10.1. The number of hydrogen-bond acceptors (Lipinski definition) is 7. The van der Waals surface area contributed by atoms with Gasteiger partial charge in [0, 0.05) is 76.7 Å². The molecule has 2 rings (SSSR count). The van der Waals surface area contributed by atoms with Crippen LogP contribution in [0.15, 0.2) is 41.0 Å². The highest BCUT2D eigenvalue weighted by Crippen LogP contribution is 2.19. The van der Waals surface area contributed by atoms with E-state index in [0.717, 1.165) is 38.3 Å². The predicted octanol–water partition coefficient (Wildman–Crippen LogP) is 2.59. The van der Waals surface area contributed by atoms with E-state index in [-0.39, 0.29) is 25.5 Å². The Kier molecular flexibility index (Phi) is 11.2. The summed E-state index contributed by atoms with van der Waals surface area (Å²) in [7, 11) is 3.36. The van der Waals surface area contributed by atoms with E-state index >= 15 is 0 Å². The molecule has 0 aliphatic carbocycles. The fourth-order valence-electron chi connectivity index (χ4n) is 3.56. The first kappa shape index (κ1) is 25.8. The van der Waals surface area contributed by atoms with Crippen molar-refractivity contribution in [2.45, 2.75) is 32.9 Å². The molecule has 1 N–H and O–H groups in total. The number of anilines is 1. The average molecular weight is 447 g/mol. The van der Waals surface area contributed by atoms with Crippen LogP contribution in [0.3, 0.4) is 0 Å². The van der Waals surface area contributed by atoms with Gasteiger partial charge in [-0.05, 0) is 57.0 Å². The smallest absolute Gasteiger partial charge is 0.253 e. The first-order valence-electron chi connectivity index (χ1n) is 11.2. The summed E-state index contributed by atoms with van der Waals surface area (Å²) in [5.74, 6) is -0.0172. The van der Waals surface area contributed by atoms with Crippen LogP contribution in [0.25, 0.3) is 0 Å². The summed E-state index contributed by atoms with van der Waals surface area (Å²) in [4.78, 5) is 23.2. The Balaban J connectivity index is 1.90. The quantitative estimate of drug-likeness (QED) is 0.416. The topological polar surface area (TPSA) is 77.8 Å². The van der Waals surface area contributed by atoms with E-state index < -0.39 is 0 Å². The third-order valence-electron chi connectivity index (χ3n) is 5.51. The summed E-state index contributed by atoms with van der Waals surface area (Å²) >= 11 is 0. The van der Waals surface area contributed by atoms with Crippen molar-refractivity contribution in [2.24, 2.45) is 4.99 Å². The zero-order valence-corrected chi connectivity index (χ0v) is 19.9. The number of rotatable bonds is 11. The number of ether oxygens (including phenoxy) is 2. The van der Waals surface area contributed by atoms with Gasteiger partial charge in [-0.15, -0.1) is 0 Å². The molecule has 0 bridgehead atoms. The normalized spacial score (nSPS) is 16.3. The molecule has 1 aliphatic rings. The van der Waals surface area contributed by atoms with Gasteiger partial charge in [-0.1, -0.05) is 0 Å². The molecule has 1 aliphatic heterocycles. The fourth-order valence-corrected chi connectivity index (χ4v) is 3.56. The monoisotopic (exact) mass is 446 g/mol. The summed E-state index contributed by atoms with van der Waals surface area (Å²) in [6, 6.07) is 7.84. The molecule has 1 heterocycles. The number of amides is 1. The molecule has 178 valence electrons. The van der Waals surface area contributed by atoms with Crippen molar-refractivity contribution >= 4 is 17.8 Å². The van der Waals surface area contributed by atoms with Crippen LogP contribution in [0.5, 0.6) is 0 Å². The maximum absolute atomic E-state index is 12.5. The third kappa shape index (κ3) is 8.26. The van der Waals surface area contributed by atoms with E-state index in [0.29, 0.717) is 18.5 Å². The number of aliphatic imine (C=N–C) groups is 1. The maximum Gasteiger partial charge on any atom is 0.253 e. The molecular formula is C24H38N4O4. The second-order valence-corrected chi connectivity index (χ2v) is 7.96. The molecule has 32 heavy (non-hydrogen) atoms. The molecule has 1 amide bonds. The van der Waals surface area contributed by atoms with E-state index in [9.17, 15) is 4.79 Å². The molecular weight excluding hydrogens is 408 g/mol. The summed E-state index contributed by atoms with van der Waals surface area (Å²) in [5, 5.41) is 8.95. The van der Waals surface area contributed by atoms with Gasteiger partial charge in [0.25, 0.3) is 5.91 Å². The van der Waals surface area contributed by atoms with Gasteiger partial charge in [0.05, 0.1) is 0 Å². The van der Waals surface area contributed by atoms with Crippen LogP contribution in [-0.2, 0) is 9.47 Å². The highest BCUT2D eigenvalue weighted by atomic mass is 16.7. The molecule has 0 aromatic heterocycles. The Morgan fingerprint density at radius 2 is 2.00 bits per heavy atom. The first-order valence-corrected chi connectivity index (χ1v) is 11.2. The van der Waals surface area contributed by atoms with E-state index in [1.54, 1.807) is 25.3 Å². The number of aliphatic hydroxyl groups is 1. The first-order chi connectivity index (χ1) is 15.5. The predicted molar refractivity (Wildman–Crippen MR) is 128 cm³/mol. The van der Waals surface area contributed by atoms with Gasteiger partial charge in [-0.25, -0.2) is 0 Å². The third-order valence-corrected chi connectivity index (χ3v) is 5.51. The molecule has 1 fully saturated rings. The Morgan fingerprint density at radius 1 is 1.25 bits per heavy atom. The van der Waals surface area contributed by atoms with E-state index in [1.165, 1.54) is 5.70 Å². The van der Waals surface area contributed by atoms with E-state index in [4.69, 9.17) is 14.6 Å². The van der Waals surface area contributed by atoms with E-state index in [2.05, 4.69) is 21.7 Å². The van der Waals surface area contributed by atoms with Crippen LogP contribution in [0.2, 0.25) is 0 Å². The van der Waals surface area contributed by atoms with Crippen LogP contribution < -0.4 is 4.90 Å². The Hall–Kier alpha value is -2.42. The number of hydrogen-bond donors (Lipinski definition) is 1. The minimum atomic E-state index is -0.233. The standard InChI is InChI=1S/C24H38N4O4/c1-20(11-12-25-21(2)32-19-31-4)27-14-5-15-28(17-16-27)23-9-7-22(8-10-23)24(30)26(3)13-6-18-29/h7-12,21,29H,5-6,13-19H2,1-4H3/b20-11+,25-12?. The second kappa shape index (κ2) is 13.9. The molecule has 8 heteroatoms. The highest BCUT2D eigenvalue weighted by Gasteiger charge is 2.16. The maximum atomic E-state index is 12.5. The van der Waals surface area contributed by atoms with Gasteiger partial charge in [0.15, 0.2) is 0 Å². The van der Waals surface area contributed by atoms with Crippen LogP contribution >= 0.6 is 0 Å².